The van der Waals surface area contributed by atoms with Crippen molar-refractivity contribution in [1.29, 1.82) is 0 Å². The van der Waals surface area contributed by atoms with Crippen LogP contribution in [0, 0.1) is 6.92 Å². The van der Waals surface area contributed by atoms with E-state index in [0.29, 0.717) is 6.54 Å². The maximum Gasteiger partial charge on any atom is 0.233 e. The lowest BCUT2D eigenvalue weighted by atomic mass is 10.1. The lowest BCUT2D eigenvalue weighted by Crippen LogP contribution is -2.28. The van der Waals surface area contributed by atoms with Crippen molar-refractivity contribution in [2.24, 2.45) is 0 Å². The summed E-state index contributed by atoms with van der Waals surface area (Å²) in [7, 11) is 0. The first kappa shape index (κ1) is 15.0. The van der Waals surface area contributed by atoms with Gasteiger partial charge in [0.05, 0.1) is 0 Å². The van der Waals surface area contributed by atoms with Crippen LogP contribution in [0.3, 0.4) is 0 Å². The second-order valence-electron chi connectivity index (χ2n) is 4.28. The Morgan fingerprint density at radius 2 is 2.05 bits per heavy atom. The summed E-state index contributed by atoms with van der Waals surface area (Å²) in [5.74, 6) is -0.602. The number of carbonyl (C=O) groups excluding carboxylic acids is 2. The van der Waals surface area contributed by atoms with Crippen LogP contribution in [0.4, 0.5) is 5.69 Å². The van der Waals surface area contributed by atoms with Crippen LogP contribution in [0.1, 0.15) is 24.5 Å². The van der Waals surface area contributed by atoms with Gasteiger partial charge in [-0.2, -0.15) is 0 Å². The molecule has 0 heterocycles. The molecule has 102 valence electrons. The van der Waals surface area contributed by atoms with E-state index in [1.165, 1.54) is 0 Å². The van der Waals surface area contributed by atoms with Gasteiger partial charge in [-0.05, 0) is 24.5 Å². The number of amides is 2. The zero-order chi connectivity index (χ0) is 14.3. The van der Waals surface area contributed by atoms with Crippen molar-refractivity contribution in [2.75, 3.05) is 11.9 Å². The summed E-state index contributed by atoms with van der Waals surface area (Å²) in [6.07, 6.45) is 2.23. The number of aryl methyl sites for hydroxylation is 2. The molecular weight excluding hydrogens is 240 g/mol. The molecule has 0 saturated heterocycles. The van der Waals surface area contributed by atoms with Crippen LogP contribution in [-0.2, 0) is 16.0 Å². The van der Waals surface area contributed by atoms with Crippen molar-refractivity contribution in [3.05, 3.63) is 42.0 Å². The molecular formula is C15H20N2O2. The fraction of sp³-hybridized carbons (Fsp3) is 0.333. The highest BCUT2D eigenvalue weighted by atomic mass is 16.2. The van der Waals surface area contributed by atoms with E-state index < -0.39 is 0 Å². The third-order valence-corrected chi connectivity index (χ3v) is 2.77. The van der Waals surface area contributed by atoms with Gasteiger partial charge < -0.3 is 10.6 Å². The Kier molecular flexibility index (Phi) is 5.79. The molecule has 19 heavy (non-hydrogen) atoms. The molecule has 2 amide bonds. The van der Waals surface area contributed by atoms with Crippen LogP contribution in [0.15, 0.2) is 30.9 Å². The highest BCUT2D eigenvalue weighted by molar-refractivity contribution is 6.04. The van der Waals surface area contributed by atoms with Gasteiger partial charge >= 0.3 is 0 Å². The topological polar surface area (TPSA) is 58.2 Å². The van der Waals surface area contributed by atoms with E-state index in [1.54, 1.807) is 6.08 Å². The fourth-order valence-electron chi connectivity index (χ4n) is 1.78. The number of para-hydroxylation sites is 1. The van der Waals surface area contributed by atoms with Crippen molar-refractivity contribution in [3.8, 4) is 0 Å². The number of anilines is 1. The molecule has 2 N–H and O–H groups in total. The van der Waals surface area contributed by atoms with Gasteiger partial charge in [-0.25, -0.2) is 0 Å². The Labute approximate surface area is 113 Å². The zero-order valence-electron chi connectivity index (χ0n) is 11.5. The first-order valence-electron chi connectivity index (χ1n) is 6.34. The molecule has 0 aliphatic rings. The third kappa shape index (κ3) is 4.58. The number of benzene rings is 1. The Morgan fingerprint density at radius 3 is 2.68 bits per heavy atom. The normalized spacial score (nSPS) is 9.79. The molecule has 0 atom stereocenters. The number of hydrogen-bond donors (Lipinski definition) is 2. The molecule has 4 nitrogen and oxygen atoms in total. The van der Waals surface area contributed by atoms with Crippen molar-refractivity contribution in [3.63, 3.8) is 0 Å². The predicted octanol–water partition coefficient (Wildman–Crippen LogP) is 2.19. The average molecular weight is 260 g/mol. The van der Waals surface area contributed by atoms with Crippen molar-refractivity contribution in [1.82, 2.24) is 5.32 Å². The first-order chi connectivity index (χ1) is 9.08. The summed E-state index contributed by atoms with van der Waals surface area (Å²) < 4.78 is 0. The predicted molar refractivity (Wildman–Crippen MR) is 77.0 cm³/mol. The molecule has 0 spiro atoms. The zero-order valence-corrected chi connectivity index (χ0v) is 11.5. The van der Waals surface area contributed by atoms with E-state index in [2.05, 4.69) is 17.2 Å². The van der Waals surface area contributed by atoms with Gasteiger partial charge in [0, 0.05) is 12.2 Å². The number of carbonyl (C=O) groups is 2. The van der Waals surface area contributed by atoms with E-state index in [4.69, 9.17) is 0 Å². The minimum absolute atomic E-state index is 0.175. The van der Waals surface area contributed by atoms with Gasteiger partial charge in [-0.15, -0.1) is 6.58 Å². The molecule has 1 aromatic rings. The Bertz CT molecular complexity index is 481. The lowest BCUT2D eigenvalue weighted by Gasteiger charge is -2.12. The maximum atomic E-state index is 11.8. The summed E-state index contributed by atoms with van der Waals surface area (Å²) in [5.41, 5.74) is 2.88. The summed E-state index contributed by atoms with van der Waals surface area (Å²) in [6, 6.07) is 5.87. The molecule has 0 aromatic heterocycles. The van der Waals surface area contributed by atoms with Gasteiger partial charge in [0.1, 0.15) is 6.42 Å². The fourth-order valence-corrected chi connectivity index (χ4v) is 1.78. The average Bonchev–Trinajstić information content (AvgIpc) is 2.38. The molecule has 0 bridgehead atoms. The molecule has 0 unspecified atom stereocenters. The largest absolute Gasteiger partial charge is 0.352 e. The van der Waals surface area contributed by atoms with Gasteiger partial charge in [-0.3, -0.25) is 9.59 Å². The monoisotopic (exact) mass is 260 g/mol. The van der Waals surface area contributed by atoms with Gasteiger partial charge in [0.15, 0.2) is 0 Å². The van der Waals surface area contributed by atoms with Crippen molar-refractivity contribution >= 4 is 17.5 Å². The van der Waals surface area contributed by atoms with Gasteiger partial charge in [0.2, 0.25) is 11.8 Å². The van der Waals surface area contributed by atoms with E-state index in [1.807, 2.05) is 32.0 Å². The van der Waals surface area contributed by atoms with E-state index in [0.717, 1.165) is 23.2 Å². The highest BCUT2D eigenvalue weighted by Crippen LogP contribution is 2.21. The number of nitrogens with one attached hydrogen (secondary N) is 2. The van der Waals surface area contributed by atoms with Crippen molar-refractivity contribution < 1.29 is 9.59 Å². The quantitative estimate of drug-likeness (QED) is 0.608. The summed E-state index contributed by atoms with van der Waals surface area (Å²) in [6.45, 7) is 7.84. The smallest absolute Gasteiger partial charge is 0.233 e. The van der Waals surface area contributed by atoms with Gasteiger partial charge in [0.25, 0.3) is 0 Å². The van der Waals surface area contributed by atoms with Gasteiger partial charge in [-0.1, -0.05) is 31.2 Å². The molecule has 4 heteroatoms. The van der Waals surface area contributed by atoms with Crippen LogP contribution in [-0.4, -0.2) is 18.4 Å². The van der Waals surface area contributed by atoms with E-state index >= 15 is 0 Å². The maximum absolute atomic E-state index is 11.8. The second-order valence-corrected chi connectivity index (χ2v) is 4.28. The molecule has 0 fully saturated rings. The third-order valence-electron chi connectivity index (χ3n) is 2.77. The molecule has 0 aliphatic carbocycles. The number of hydrogen-bond acceptors (Lipinski definition) is 2. The molecule has 1 rings (SSSR count). The van der Waals surface area contributed by atoms with Crippen LogP contribution >= 0.6 is 0 Å². The summed E-state index contributed by atoms with van der Waals surface area (Å²) in [5, 5.41) is 5.39. The number of rotatable bonds is 6. The second kappa shape index (κ2) is 7.36. The first-order valence-corrected chi connectivity index (χ1v) is 6.34. The minimum Gasteiger partial charge on any atom is -0.352 e. The van der Waals surface area contributed by atoms with Crippen molar-refractivity contribution in [2.45, 2.75) is 26.7 Å². The molecule has 0 radical (unpaired) electrons. The standard InChI is InChI=1S/C15H20N2O2/c1-4-9-16-13(18)10-14(19)17-15-11(3)7-6-8-12(15)5-2/h4,6-8H,1,5,9-10H2,2-3H3,(H,16,18)(H,17,19). The van der Waals surface area contributed by atoms with E-state index in [-0.39, 0.29) is 18.2 Å². The Morgan fingerprint density at radius 1 is 1.32 bits per heavy atom. The van der Waals surface area contributed by atoms with Crippen LogP contribution in [0.2, 0.25) is 0 Å². The molecule has 0 saturated carbocycles. The van der Waals surface area contributed by atoms with Crippen LogP contribution in [0.25, 0.3) is 0 Å². The van der Waals surface area contributed by atoms with E-state index in [9.17, 15) is 9.59 Å². The van der Waals surface area contributed by atoms with Crippen LogP contribution < -0.4 is 10.6 Å². The Balaban J connectivity index is 2.67. The minimum atomic E-state index is -0.302. The highest BCUT2D eigenvalue weighted by Gasteiger charge is 2.11. The molecule has 1 aromatic carbocycles. The molecule has 0 aliphatic heterocycles. The van der Waals surface area contributed by atoms with Crippen LogP contribution in [0.5, 0.6) is 0 Å². The SMILES string of the molecule is C=CCNC(=O)CC(=O)Nc1c(C)cccc1CC. The lowest BCUT2D eigenvalue weighted by molar-refractivity contribution is -0.126. The Hall–Kier alpha value is -2.10. The summed E-state index contributed by atoms with van der Waals surface area (Å²) >= 11 is 0. The summed E-state index contributed by atoms with van der Waals surface area (Å²) in [4.78, 5) is 23.2.